The largest absolute Gasteiger partial charge is 0.485 e. The first-order valence-electron chi connectivity index (χ1n) is 5.62. The maximum absolute atomic E-state index is 5.81. The van der Waals surface area contributed by atoms with Gasteiger partial charge in [0.1, 0.15) is 6.61 Å². The molecular weight excluding hydrogens is 252 g/mol. The predicted octanol–water partition coefficient (Wildman–Crippen LogP) is 2.73. The number of para-hydroxylation sites is 2. The van der Waals surface area contributed by atoms with Crippen LogP contribution in [0, 0.1) is 0 Å². The van der Waals surface area contributed by atoms with Crippen molar-refractivity contribution in [1.82, 2.24) is 9.97 Å². The van der Waals surface area contributed by atoms with E-state index >= 15 is 0 Å². The first-order valence-corrected chi connectivity index (χ1v) is 6.15. The number of nitrogens with zero attached hydrogens (tertiary/aromatic N) is 2. The van der Waals surface area contributed by atoms with E-state index < -0.39 is 0 Å². The van der Waals surface area contributed by atoms with Crippen LogP contribution < -0.4 is 9.47 Å². The van der Waals surface area contributed by atoms with E-state index in [-0.39, 0.29) is 6.10 Å². The molecule has 1 atom stereocenters. The van der Waals surface area contributed by atoms with E-state index in [1.807, 2.05) is 24.3 Å². The Kier molecular flexibility index (Phi) is 3.02. The smallest absolute Gasteiger partial charge is 0.192 e. The van der Waals surface area contributed by atoms with Crippen molar-refractivity contribution < 1.29 is 9.47 Å². The van der Waals surface area contributed by atoms with E-state index in [0.717, 1.165) is 17.1 Å². The molecule has 0 fully saturated rings. The van der Waals surface area contributed by atoms with E-state index in [1.165, 1.54) is 0 Å². The van der Waals surface area contributed by atoms with E-state index in [4.69, 9.17) is 21.1 Å². The van der Waals surface area contributed by atoms with Crippen molar-refractivity contribution in [3.63, 3.8) is 0 Å². The van der Waals surface area contributed by atoms with Gasteiger partial charge in [-0.25, -0.2) is 9.97 Å². The standard InChI is InChI=1S/C13H11ClN2O2/c14-5-9-6-15-13(16-7-9)12-8-17-10-3-1-2-4-11(10)18-12/h1-4,6-7,12H,5,8H2. The van der Waals surface area contributed by atoms with Gasteiger partial charge in [0.2, 0.25) is 0 Å². The molecule has 18 heavy (non-hydrogen) atoms. The summed E-state index contributed by atoms with van der Waals surface area (Å²) < 4.78 is 11.4. The van der Waals surface area contributed by atoms with Gasteiger partial charge in [-0.05, 0) is 12.1 Å². The summed E-state index contributed by atoms with van der Waals surface area (Å²) >= 11 is 5.70. The number of aromatic nitrogens is 2. The lowest BCUT2D eigenvalue weighted by atomic mass is 10.2. The van der Waals surface area contributed by atoms with Crippen molar-refractivity contribution >= 4 is 11.6 Å². The van der Waals surface area contributed by atoms with Crippen LogP contribution >= 0.6 is 11.6 Å². The van der Waals surface area contributed by atoms with Gasteiger partial charge >= 0.3 is 0 Å². The van der Waals surface area contributed by atoms with Gasteiger partial charge in [-0.15, -0.1) is 11.6 Å². The zero-order chi connectivity index (χ0) is 12.4. The van der Waals surface area contributed by atoms with Crippen molar-refractivity contribution in [1.29, 1.82) is 0 Å². The summed E-state index contributed by atoms with van der Waals surface area (Å²) in [5.41, 5.74) is 0.887. The van der Waals surface area contributed by atoms with E-state index in [2.05, 4.69) is 9.97 Å². The van der Waals surface area contributed by atoms with Crippen LogP contribution in [0.4, 0.5) is 0 Å². The van der Waals surface area contributed by atoms with Crippen LogP contribution in [0.5, 0.6) is 11.5 Å². The SMILES string of the molecule is ClCc1cnc(C2COc3ccccc3O2)nc1. The lowest BCUT2D eigenvalue weighted by Crippen LogP contribution is -2.23. The molecule has 0 radical (unpaired) electrons. The fraction of sp³-hybridized carbons (Fsp3) is 0.231. The first kappa shape index (κ1) is 11.3. The third-order valence-corrected chi connectivity index (χ3v) is 2.98. The first-order chi connectivity index (χ1) is 8.86. The fourth-order valence-electron chi connectivity index (χ4n) is 1.75. The highest BCUT2D eigenvalue weighted by atomic mass is 35.5. The number of hydrogen-bond donors (Lipinski definition) is 0. The zero-order valence-corrected chi connectivity index (χ0v) is 10.3. The third-order valence-electron chi connectivity index (χ3n) is 2.68. The molecule has 1 unspecified atom stereocenters. The van der Waals surface area contributed by atoms with Crippen LogP contribution in [-0.4, -0.2) is 16.6 Å². The number of fused-ring (bicyclic) bond motifs is 1. The van der Waals surface area contributed by atoms with Gasteiger partial charge in [0.05, 0.1) is 5.88 Å². The number of rotatable bonds is 2. The molecule has 0 amide bonds. The molecule has 92 valence electrons. The molecule has 0 bridgehead atoms. The van der Waals surface area contributed by atoms with Crippen molar-refractivity contribution in [3.05, 3.63) is 48.0 Å². The number of halogens is 1. The zero-order valence-electron chi connectivity index (χ0n) is 9.54. The highest BCUT2D eigenvalue weighted by molar-refractivity contribution is 6.17. The van der Waals surface area contributed by atoms with Crippen LogP contribution in [0.2, 0.25) is 0 Å². The van der Waals surface area contributed by atoms with Crippen molar-refractivity contribution in [2.75, 3.05) is 6.61 Å². The van der Waals surface area contributed by atoms with Crippen molar-refractivity contribution in [2.24, 2.45) is 0 Å². The Balaban J connectivity index is 1.82. The minimum absolute atomic E-state index is 0.274. The molecule has 1 aliphatic rings. The third kappa shape index (κ3) is 2.11. The molecule has 0 saturated heterocycles. The van der Waals surface area contributed by atoms with Gasteiger partial charge in [0, 0.05) is 18.0 Å². The minimum Gasteiger partial charge on any atom is -0.485 e. The molecule has 2 aromatic rings. The normalized spacial score (nSPS) is 17.5. The number of benzene rings is 1. The lowest BCUT2D eigenvalue weighted by Gasteiger charge is -2.25. The second kappa shape index (κ2) is 4.82. The van der Waals surface area contributed by atoms with E-state index in [9.17, 15) is 0 Å². The summed E-state index contributed by atoms with van der Waals surface area (Å²) in [5.74, 6) is 2.49. The Morgan fingerprint density at radius 1 is 1.17 bits per heavy atom. The molecule has 5 heteroatoms. The van der Waals surface area contributed by atoms with Crippen LogP contribution in [0.1, 0.15) is 17.5 Å². The Labute approximate surface area is 110 Å². The highest BCUT2D eigenvalue weighted by Crippen LogP contribution is 2.34. The molecule has 1 aliphatic heterocycles. The van der Waals surface area contributed by atoms with Crippen LogP contribution in [0.15, 0.2) is 36.7 Å². The van der Waals surface area contributed by atoms with E-state index in [0.29, 0.717) is 18.3 Å². The second-order valence-electron chi connectivity index (χ2n) is 3.95. The average molecular weight is 263 g/mol. The maximum Gasteiger partial charge on any atom is 0.192 e. The van der Waals surface area contributed by atoms with Gasteiger partial charge in [-0.2, -0.15) is 0 Å². The highest BCUT2D eigenvalue weighted by Gasteiger charge is 2.24. The van der Waals surface area contributed by atoms with Gasteiger partial charge in [-0.3, -0.25) is 0 Å². The second-order valence-corrected chi connectivity index (χ2v) is 4.21. The molecule has 0 spiro atoms. The molecule has 0 saturated carbocycles. The number of hydrogen-bond acceptors (Lipinski definition) is 4. The molecule has 0 aliphatic carbocycles. The minimum atomic E-state index is -0.274. The molecule has 3 rings (SSSR count). The predicted molar refractivity (Wildman–Crippen MR) is 66.9 cm³/mol. The molecule has 1 aromatic carbocycles. The number of alkyl halides is 1. The fourth-order valence-corrected chi connectivity index (χ4v) is 1.88. The summed E-state index contributed by atoms with van der Waals surface area (Å²) in [5, 5.41) is 0. The van der Waals surface area contributed by atoms with Crippen LogP contribution in [-0.2, 0) is 5.88 Å². The van der Waals surface area contributed by atoms with Gasteiger partial charge in [0.25, 0.3) is 0 Å². The Morgan fingerprint density at radius 3 is 2.61 bits per heavy atom. The Hall–Kier alpha value is -1.81. The Bertz CT molecular complexity index is 545. The lowest BCUT2D eigenvalue weighted by molar-refractivity contribution is 0.0850. The van der Waals surface area contributed by atoms with Gasteiger partial charge in [-0.1, -0.05) is 12.1 Å². The quantitative estimate of drug-likeness (QED) is 0.781. The Morgan fingerprint density at radius 2 is 1.89 bits per heavy atom. The van der Waals surface area contributed by atoms with Gasteiger partial charge < -0.3 is 9.47 Å². The molecule has 2 heterocycles. The van der Waals surface area contributed by atoms with Crippen LogP contribution in [0.3, 0.4) is 0 Å². The topological polar surface area (TPSA) is 44.2 Å². The summed E-state index contributed by atoms with van der Waals surface area (Å²) in [6.07, 6.45) is 3.14. The van der Waals surface area contributed by atoms with E-state index in [1.54, 1.807) is 12.4 Å². The summed E-state index contributed by atoms with van der Waals surface area (Å²) in [4.78, 5) is 8.49. The summed E-state index contributed by atoms with van der Waals surface area (Å²) in [6.45, 7) is 0.414. The summed E-state index contributed by atoms with van der Waals surface area (Å²) in [6, 6.07) is 7.56. The maximum atomic E-state index is 5.81. The molecule has 0 N–H and O–H groups in total. The monoisotopic (exact) mass is 262 g/mol. The summed E-state index contributed by atoms with van der Waals surface area (Å²) in [7, 11) is 0. The van der Waals surface area contributed by atoms with Crippen LogP contribution in [0.25, 0.3) is 0 Å². The molecule has 1 aromatic heterocycles. The average Bonchev–Trinajstić information content (AvgIpc) is 2.47. The van der Waals surface area contributed by atoms with Gasteiger partial charge in [0.15, 0.2) is 23.4 Å². The van der Waals surface area contributed by atoms with Crippen molar-refractivity contribution in [3.8, 4) is 11.5 Å². The molecular formula is C13H11ClN2O2. The van der Waals surface area contributed by atoms with Crippen molar-refractivity contribution in [2.45, 2.75) is 12.0 Å². The molecule has 4 nitrogen and oxygen atoms in total. The number of ether oxygens (including phenoxy) is 2.